The van der Waals surface area contributed by atoms with E-state index in [4.69, 9.17) is 4.74 Å². The fraction of sp³-hybridized carbons (Fsp3) is 0.143. The third-order valence-corrected chi connectivity index (χ3v) is 2.07. The topological polar surface area (TPSA) is 43.4 Å². The second-order valence-corrected chi connectivity index (χ2v) is 3.38. The predicted molar refractivity (Wildman–Crippen MR) is 40.1 cm³/mol. The molecule has 0 saturated carbocycles. The predicted octanol–water partition coefficient (Wildman–Crippen LogP) is 1.15. The third-order valence-electron chi connectivity index (χ3n) is 1.26. The Balaban J connectivity index is 3.09. The number of benzene rings is 1. The highest BCUT2D eigenvalue weighted by Gasteiger charge is 2.10. The highest BCUT2D eigenvalue weighted by atomic mass is 32.3. The maximum Gasteiger partial charge on any atom is 0.332 e. The SMILES string of the molecule is COc1[c]cc(S(=O)(=O)F)cc1. The summed E-state index contributed by atoms with van der Waals surface area (Å²) in [5.41, 5.74) is 0. The zero-order chi connectivity index (χ0) is 9.19. The molecule has 0 N–H and O–H groups in total. The van der Waals surface area contributed by atoms with Gasteiger partial charge < -0.3 is 4.74 Å². The van der Waals surface area contributed by atoms with E-state index in [0.717, 1.165) is 12.1 Å². The molecule has 1 rings (SSSR count). The number of hydrogen-bond acceptors (Lipinski definition) is 3. The summed E-state index contributed by atoms with van der Waals surface area (Å²) in [5, 5.41) is 0. The van der Waals surface area contributed by atoms with Gasteiger partial charge >= 0.3 is 10.2 Å². The van der Waals surface area contributed by atoms with Crippen LogP contribution in [0.2, 0.25) is 0 Å². The molecule has 0 amide bonds. The highest BCUT2D eigenvalue weighted by molar-refractivity contribution is 7.86. The second-order valence-electron chi connectivity index (χ2n) is 2.03. The Bertz CT molecular complexity index is 355. The van der Waals surface area contributed by atoms with Gasteiger partial charge in [-0.3, -0.25) is 0 Å². The quantitative estimate of drug-likeness (QED) is 0.655. The zero-order valence-corrected chi connectivity index (χ0v) is 7.06. The van der Waals surface area contributed by atoms with Crippen LogP contribution in [0.15, 0.2) is 23.1 Å². The monoisotopic (exact) mass is 189 g/mol. The van der Waals surface area contributed by atoms with Gasteiger partial charge in [0.05, 0.1) is 12.0 Å². The number of ether oxygens (including phenoxy) is 1. The molecule has 1 radical (unpaired) electrons. The molecular weight excluding hydrogens is 183 g/mol. The molecule has 0 unspecified atom stereocenters. The van der Waals surface area contributed by atoms with Gasteiger partial charge in [0, 0.05) is 6.07 Å². The normalized spacial score (nSPS) is 11.2. The maximum atomic E-state index is 12.3. The van der Waals surface area contributed by atoms with E-state index in [2.05, 4.69) is 6.07 Å². The van der Waals surface area contributed by atoms with E-state index in [1.807, 2.05) is 0 Å². The average molecular weight is 189 g/mol. The largest absolute Gasteiger partial charge is 0.496 e. The second kappa shape index (κ2) is 3.10. The first-order valence-electron chi connectivity index (χ1n) is 3.04. The van der Waals surface area contributed by atoms with Gasteiger partial charge in [0.15, 0.2) is 0 Å². The molecule has 0 aliphatic rings. The minimum atomic E-state index is -4.61. The third kappa shape index (κ3) is 1.94. The summed E-state index contributed by atoms with van der Waals surface area (Å²) in [6, 6.07) is 5.92. The molecule has 1 aromatic rings. The summed E-state index contributed by atoms with van der Waals surface area (Å²) in [6.45, 7) is 0. The molecule has 0 aromatic heterocycles. The first kappa shape index (κ1) is 8.99. The Morgan fingerprint density at radius 3 is 2.50 bits per heavy atom. The van der Waals surface area contributed by atoms with Gasteiger partial charge in [0.1, 0.15) is 5.75 Å². The maximum absolute atomic E-state index is 12.3. The van der Waals surface area contributed by atoms with Crippen molar-refractivity contribution in [2.45, 2.75) is 4.90 Å². The van der Waals surface area contributed by atoms with Crippen LogP contribution in [0, 0.1) is 6.07 Å². The van der Waals surface area contributed by atoms with E-state index >= 15 is 0 Å². The van der Waals surface area contributed by atoms with E-state index < -0.39 is 15.1 Å². The van der Waals surface area contributed by atoms with E-state index in [0.29, 0.717) is 5.75 Å². The van der Waals surface area contributed by atoms with Crippen LogP contribution in [-0.4, -0.2) is 15.5 Å². The Morgan fingerprint density at radius 1 is 1.50 bits per heavy atom. The van der Waals surface area contributed by atoms with E-state index in [9.17, 15) is 12.3 Å². The van der Waals surface area contributed by atoms with Gasteiger partial charge in [0.25, 0.3) is 0 Å². The summed E-state index contributed by atoms with van der Waals surface area (Å²) in [5.74, 6) is 0.363. The molecule has 65 valence electrons. The van der Waals surface area contributed by atoms with Crippen LogP contribution >= 0.6 is 0 Å². The van der Waals surface area contributed by atoms with Gasteiger partial charge in [-0.1, -0.05) is 0 Å². The summed E-state index contributed by atoms with van der Waals surface area (Å²) >= 11 is 0. The van der Waals surface area contributed by atoms with Crippen molar-refractivity contribution >= 4 is 10.2 Å². The minimum Gasteiger partial charge on any atom is -0.496 e. The lowest BCUT2D eigenvalue weighted by Crippen LogP contribution is -1.91. The van der Waals surface area contributed by atoms with Crippen LogP contribution in [0.1, 0.15) is 0 Å². The summed E-state index contributed by atoms with van der Waals surface area (Å²) in [4.78, 5) is -0.414. The van der Waals surface area contributed by atoms with Crippen LogP contribution in [-0.2, 0) is 10.2 Å². The number of methoxy groups -OCH3 is 1. The summed E-state index contributed by atoms with van der Waals surface area (Å²) in [7, 11) is -3.20. The summed E-state index contributed by atoms with van der Waals surface area (Å²) in [6.07, 6.45) is 0. The van der Waals surface area contributed by atoms with Gasteiger partial charge in [-0.2, -0.15) is 8.42 Å². The Hall–Kier alpha value is -1.10. The van der Waals surface area contributed by atoms with E-state index in [1.54, 1.807) is 0 Å². The number of hydrogen-bond donors (Lipinski definition) is 0. The molecule has 0 fully saturated rings. The average Bonchev–Trinajstić information content (AvgIpc) is 2.03. The molecule has 0 bridgehead atoms. The van der Waals surface area contributed by atoms with Crippen molar-refractivity contribution in [3.8, 4) is 5.75 Å². The molecule has 5 heteroatoms. The summed E-state index contributed by atoms with van der Waals surface area (Å²) < 4.78 is 37.6. The zero-order valence-electron chi connectivity index (χ0n) is 6.24. The van der Waals surface area contributed by atoms with Gasteiger partial charge in [-0.15, -0.1) is 3.89 Å². The van der Waals surface area contributed by atoms with Crippen LogP contribution in [0.25, 0.3) is 0 Å². The van der Waals surface area contributed by atoms with Crippen molar-refractivity contribution < 1.29 is 17.0 Å². The standard InChI is InChI=1S/C7H6FO3S/c1-11-6-2-4-7(5-3-6)12(8,9)10/h2,4-5H,1H3. The molecule has 0 heterocycles. The van der Waals surface area contributed by atoms with Crippen molar-refractivity contribution in [3.63, 3.8) is 0 Å². The Morgan fingerprint density at radius 2 is 2.17 bits per heavy atom. The van der Waals surface area contributed by atoms with Crippen LogP contribution < -0.4 is 4.74 Å². The van der Waals surface area contributed by atoms with Gasteiger partial charge in [-0.25, -0.2) is 0 Å². The fourth-order valence-electron chi connectivity index (χ4n) is 0.675. The van der Waals surface area contributed by atoms with Gasteiger partial charge in [-0.05, 0) is 18.2 Å². The van der Waals surface area contributed by atoms with Crippen molar-refractivity contribution in [2.24, 2.45) is 0 Å². The van der Waals surface area contributed by atoms with Crippen molar-refractivity contribution in [1.29, 1.82) is 0 Å². The molecule has 0 atom stereocenters. The molecule has 0 aliphatic carbocycles. The van der Waals surface area contributed by atoms with Crippen molar-refractivity contribution in [1.82, 2.24) is 0 Å². The van der Waals surface area contributed by atoms with Crippen molar-refractivity contribution in [3.05, 3.63) is 24.3 Å². The molecule has 1 aromatic carbocycles. The highest BCUT2D eigenvalue weighted by Crippen LogP contribution is 2.15. The van der Waals surface area contributed by atoms with Gasteiger partial charge in [0.2, 0.25) is 0 Å². The molecule has 0 spiro atoms. The lowest BCUT2D eigenvalue weighted by Gasteiger charge is -1.97. The first-order valence-corrected chi connectivity index (χ1v) is 4.43. The minimum absolute atomic E-state index is 0.363. The smallest absolute Gasteiger partial charge is 0.332 e. The lowest BCUT2D eigenvalue weighted by molar-refractivity contribution is 0.413. The van der Waals surface area contributed by atoms with Crippen LogP contribution in [0.4, 0.5) is 3.89 Å². The Labute approximate surface area is 70.0 Å². The lowest BCUT2D eigenvalue weighted by atomic mass is 10.3. The molecular formula is C7H6FO3S. The number of rotatable bonds is 2. The molecule has 12 heavy (non-hydrogen) atoms. The van der Waals surface area contributed by atoms with E-state index in [-0.39, 0.29) is 0 Å². The van der Waals surface area contributed by atoms with E-state index in [1.165, 1.54) is 13.2 Å². The van der Waals surface area contributed by atoms with Crippen LogP contribution in [0.3, 0.4) is 0 Å². The fourth-order valence-corrected chi connectivity index (χ4v) is 1.11. The Kier molecular flexibility index (Phi) is 2.32. The first-order chi connectivity index (χ1) is 5.54. The molecule has 0 saturated heterocycles. The van der Waals surface area contributed by atoms with Crippen LogP contribution in [0.5, 0.6) is 5.75 Å². The number of halogens is 1. The molecule has 3 nitrogen and oxygen atoms in total. The molecule has 0 aliphatic heterocycles. The van der Waals surface area contributed by atoms with Crippen molar-refractivity contribution in [2.75, 3.05) is 7.11 Å².